The van der Waals surface area contributed by atoms with Crippen molar-refractivity contribution in [2.45, 2.75) is 31.8 Å². The topological polar surface area (TPSA) is 78.7 Å². The lowest BCUT2D eigenvalue weighted by Gasteiger charge is -2.46. The molecule has 3 N–H and O–H groups in total. The fourth-order valence-electron chi connectivity index (χ4n) is 3.90. The first-order valence-corrected chi connectivity index (χ1v) is 8.66. The van der Waals surface area contributed by atoms with Crippen molar-refractivity contribution in [3.8, 4) is 0 Å². The van der Waals surface area contributed by atoms with Crippen LogP contribution in [-0.4, -0.2) is 54.5 Å². The molecule has 3 amide bonds. The van der Waals surface area contributed by atoms with Gasteiger partial charge in [-0.3, -0.25) is 4.79 Å². The summed E-state index contributed by atoms with van der Waals surface area (Å²) < 4.78 is 0. The summed E-state index contributed by atoms with van der Waals surface area (Å²) in [6, 6.07) is 7.43. The van der Waals surface area contributed by atoms with Gasteiger partial charge in [0.25, 0.3) is 0 Å². The number of likely N-dealkylation sites (tertiary alicyclic amines) is 2. The number of carbonyl (C=O) groups excluding carboxylic acids is 2. The number of piperidine rings is 2. The van der Waals surface area contributed by atoms with Gasteiger partial charge in [-0.2, -0.15) is 0 Å². The number of primary amides is 1. The largest absolute Gasteiger partial charge is 0.366 e. The second kappa shape index (κ2) is 7.21. The van der Waals surface area contributed by atoms with Crippen LogP contribution in [0.4, 0.5) is 4.79 Å². The number of fused-ring (bicyclic) bond motifs is 1. The Morgan fingerprint density at radius 2 is 1.96 bits per heavy atom. The molecule has 2 heterocycles. The molecule has 24 heavy (non-hydrogen) atoms. The summed E-state index contributed by atoms with van der Waals surface area (Å²) in [6.45, 7) is 3.45. The van der Waals surface area contributed by atoms with Crippen molar-refractivity contribution in [1.29, 1.82) is 0 Å². The molecule has 2 aliphatic rings. The maximum Gasteiger partial charge on any atom is 0.317 e. The molecule has 130 valence electrons. The van der Waals surface area contributed by atoms with E-state index in [2.05, 4.69) is 17.3 Å². The molecular weight excluding hydrogens is 304 g/mol. The number of nitrogens with two attached hydrogens (primary N) is 1. The normalized spacial score (nSPS) is 24.3. The number of hydrogen-bond donors (Lipinski definition) is 2. The number of carbonyl (C=O) groups is 2. The lowest BCUT2D eigenvalue weighted by molar-refractivity contribution is 0.0532. The number of urea groups is 1. The number of hydrogen-bond acceptors (Lipinski definition) is 3. The fraction of sp³-hybridized carbons (Fsp3) is 0.556. The van der Waals surface area contributed by atoms with Gasteiger partial charge in [0.05, 0.1) is 0 Å². The molecule has 2 fully saturated rings. The van der Waals surface area contributed by atoms with Gasteiger partial charge in [-0.15, -0.1) is 0 Å². The zero-order chi connectivity index (χ0) is 17.1. The van der Waals surface area contributed by atoms with E-state index in [1.807, 2.05) is 17.0 Å². The van der Waals surface area contributed by atoms with Gasteiger partial charge in [0.1, 0.15) is 0 Å². The van der Waals surface area contributed by atoms with Crippen molar-refractivity contribution >= 4 is 11.9 Å². The molecule has 2 saturated heterocycles. The van der Waals surface area contributed by atoms with Gasteiger partial charge in [-0.05, 0) is 56.5 Å². The third kappa shape index (κ3) is 3.70. The van der Waals surface area contributed by atoms with Crippen molar-refractivity contribution < 1.29 is 9.59 Å². The Hall–Kier alpha value is -2.08. The minimum atomic E-state index is -0.438. The molecule has 0 aromatic heterocycles. The standard InChI is InChI=1S/C18H26N4O2/c1-21-10-8-16-15(12-21)3-2-9-22(16)18(24)20-11-13-4-6-14(7-5-13)17(19)23/h4-7,15-16H,2-3,8-12H2,1H3,(H2,19,23)(H,20,24). The molecule has 6 nitrogen and oxygen atoms in total. The Labute approximate surface area is 143 Å². The highest BCUT2D eigenvalue weighted by Gasteiger charge is 2.37. The van der Waals surface area contributed by atoms with Gasteiger partial charge in [-0.1, -0.05) is 12.1 Å². The maximum atomic E-state index is 12.6. The average molecular weight is 330 g/mol. The maximum absolute atomic E-state index is 12.6. The Bertz CT molecular complexity index is 602. The van der Waals surface area contributed by atoms with E-state index in [0.717, 1.165) is 38.0 Å². The molecule has 6 heteroatoms. The van der Waals surface area contributed by atoms with E-state index in [1.165, 1.54) is 6.42 Å². The van der Waals surface area contributed by atoms with Crippen LogP contribution in [0.2, 0.25) is 0 Å². The molecule has 2 atom stereocenters. The quantitative estimate of drug-likeness (QED) is 0.879. The first kappa shape index (κ1) is 16.8. The molecule has 0 saturated carbocycles. The van der Waals surface area contributed by atoms with Crippen LogP contribution in [0.1, 0.15) is 35.2 Å². The molecule has 0 spiro atoms. The molecule has 1 aromatic carbocycles. The van der Waals surface area contributed by atoms with Crippen LogP contribution in [-0.2, 0) is 6.54 Å². The first-order valence-electron chi connectivity index (χ1n) is 8.66. The summed E-state index contributed by atoms with van der Waals surface area (Å²) in [6.07, 6.45) is 3.35. The molecule has 0 aliphatic carbocycles. The Balaban J connectivity index is 1.57. The van der Waals surface area contributed by atoms with Gasteiger partial charge in [0.15, 0.2) is 0 Å². The molecule has 0 radical (unpaired) electrons. The Morgan fingerprint density at radius 1 is 1.21 bits per heavy atom. The van der Waals surface area contributed by atoms with E-state index in [0.29, 0.717) is 24.1 Å². The summed E-state index contributed by atoms with van der Waals surface area (Å²) >= 11 is 0. The highest BCUT2D eigenvalue weighted by molar-refractivity contribution is 5.92. The van der Waals surface area contributed by atoms with E-state index in [9.17, 15) is 9.59 Å². The smallest absolute Gasteiger partial charge is 0.317 e. The summed E-state index contributed by atoms with van der Waals surface area (Å²) in [7, 11) is 2.16. The third-order valence-electron chi connectivity index (χ3n) is 5.21. The van der Waals surface area contributed by atoms with E-state index in [1.54, 1.807) is 12.1 Å². The second-order valence-corrected chi connectivity index (χ2v) is 6.93. The number of amides is 3. The summed E-state index contributed by atoms with van der Waals surface area (Å²) in [5, 5.41) is 3.02. The number of benzene rings is 1. The second-order valence-electron chi connectivity index (χ2n) is 6.93. The summed E-state index contributed by atoms with van der Waals surface area (Å²) in [5.41, 5.74) is 6.68. The predicted octanol–water partition coefficient (Wildman–Crippen LogP) is 1.41. The molecular formula is C18H26N4O2. The van der Waals surface area contributed by atoms with Gasteiger partial charge >= 0.3 is 6.03 Å². The highest BCUT2D eigenvalue weighted by Crippen LogP contribution is 2.30. The van der Waals surface area contributed by atoms with Crippen LogP contribution in [0.5, 0.6) is 0 Å². The van der Waals surface area contributed by atoms with Crippen LogP contribution in [0.15, 0.2) is 24.3 Å². The van der Waals surface area contributed by atoms with Crippen LogP contribution in [0.3, 0.4) is 0 Å². The van der Waals surface area contributed by atoms with Crippen LogP contribution in [0.25, 0.3) is 0 Å². The van der Waals surface area contributed by atoms with Crippen LogP contribution in [0, 0.1) is 5.92 Å². The lowest BCUT2D eigenvalue weighted by Crippen LogP contribution is -2.57. The monoisotopic (exact) mass is 330 g/mol. The lowest BCUT2D eigenvalue weighted by atomic mass is 9.84. The van der Waals surface area contributed by atoms with Gasteiger partial charge in [0, 0.05) is 31.2 Å². The number of nitrogens with zero attached hydrogens (tertiary/aromatic N) is 2. The molecule has 3 rings (SSSR count). The van der Waals surface area contributed by atoms with Crippen molar-refractivity contribution in [1.82, 2.24) is 15.1 Å². The molecule has 2 unspecified atom stereocenters. The van der Waals surface area contributed by atoms with Crippen molar-refractivity contribution in [2.75, 3.05) is 26.7 Å². The van der Waals surface area contributed by atoms with E-state index in [-0.39, 0.29) is 6.03 Å². The van der Waals surface area contributed by atoms with E-state index in [4.69, 9.17) is 5.73 Å². The van der Waals surface area contributed by atoms with Crippen molar-refractivity contribution in [3.63, 3.8) is 0 Å². The zero-order valence-electron chi connectivity index (χ0n) is 14.2. The van der Waals surface area contributed by atoms with Gasteiger partial charge in [0.2, 0.25) is 5.91 Å². The molecule has 2 aliphatic heterocycles. The zero-order valence-corrected chi connectivity index (χ0v) is 14.2. The van der Waals surface area contributed by atoms with Gasteiger partial charge in [-0.25, -0.2) is 4.79 Å². The van der Waals surface area contributed by atoms with Crippen LogP contribution >= 0.6 is 0 Å². The highest BCUT2D eigenvalue weighted by atomic mass is 16.2. The SMILES string of the molecule is CN1CCC2C(CCCN2C(=O)NCc2ccc(C(N)=O)cc2)C1. The predicted molar refractivity (Wildman–Crippen MR) is 92.5 cm³/mol. The minimum absolute atomic E-state index is 0.0215. The van der Waals surface area contributed by atoms with Crippen molar-refractivity contribution in [3.05, 3.63) is 35.4 Å². The average Bonchev–Trinajstić information content (AvgIpc) is 2.59. The van der Waals surface area contributed by atoms with E-state index < -0.39 is 5.91 Å². The fourth-order valence-corrected chi connectivity index (χ4v) is 3.90. The molecule has 0 bridgehead atoms. The third-order valence-corrected chi connectivity index (χ3v) is 5.21. The molecule has 1 aromatic rings. The number of nitrogens with one attached hydrogen (secondary N) is 1. The minimum Gasteiger partial charge on any atom is -0.366 e. The summed E-state index contributed by atoms with van der Waals surface area (Å²) in [4.78, 5) is 28.1. The van der Waals surface area contributed by atoms with Gasteiger partial charge < -0.3 is 20.9 Å². The summed E-state index contributed by atoms with van der Waals surface area (Å²) in [5.74, 6) is 0.158. The van der Waals surface area contributed by atoms with Crippen molar-refractivity contribution in [2.24, 2.45) is 11.7 Å². The number of rotatable bonds is 3. The Morgan fingerprint density at radius 3 is 2.67 bits per heavy atom. The Kier molecular flexibility index (Phi) is 5.04. The first-order chi connectivity index (χ1) is 11.5. The van der Waals surface area contributed by atoms with Crippen LogP contribution < -0.4 is 11.1 Å². The van der Waals surface area contributed by atoms with E-state index >= 15 is 0 Å².